The number of methoxy groups -OCH3 is 1. The van der Waals surface area contributed by atoms with Gasteiger partial charge in [0, 0.05) is 6.07 Å². The average molecular weight is 372 g/mol. The highest BCUT2D eigenvalue weighted by Crippen LogP contribution is 2.41. The van der Waals surface area contributed by atoms with Crippen LogP contribution in [0.3, 0.4) is 0 Å². The van der Waals surface area contributed by atoms with Crippen molar-refractivity contribution >= 4 is 23.6 Å². The van der Waals surface area contributed by atoms with Crippen LogP contribution in [-0.4, -0.2) is 30.5 Å². The summed E-state index contributed by atoms with van der Waals surface area (Å²) in [5.41, 5.74) is 1.20. The average Bonchev–Trinajstić information content (AvgIpc) is 3.11. The Morgan fingerprint density at radius 3 is 2.88 bits per heavy atom. The number of aromatic hydroxyl groups is 1. The summed E-state index contributed by atoms with van der Waals surface area (Å²) >= 11 is 1.55. The van der Waals surface area contributed by atoms with Crippen molar-refractivity contribution in [1.29, 1.82) is 0 Å². The minimum absolute atomic E-state index is 0.0279. The molecule has 1 aliphatic rings. The van der Waals surface area contributed by atoms with E-state index in [0.717, 1.165) is 17.1 Å². The van der Waals surface area contributed by atoms with E-state index in [9.17, 15) is 9.90 Å². The second kappa shape index (κ2) is 8.19. The van der Waals surface area contributed by atoms with Crippen molar-refractivity contribution in [3.63, 3.8) is 0 Å². The molecule has 1 heterocycles. The Labute approximate surface area is 156 Å². The second-order valence-electron chi connectivity index (χ2n) is 5.68. The molecule has 2 aromatic rings. The third-order valence-electron chi connectivity index (χ3n) is 3.83. The monoisotopic (exact) mass is 372 g/mol. The molecular weight excluding hydrogens is 352 g/mol. The number of rotatable bonds is 7. The van der Waals surface area contributed by atoms with Crippen molar-refractivity contribution in [2.24, 2.45) is 0 Å². The first kappa shape index (κ1) is 18.2. The Kier molecular flexibility index (Phi) is 5.73. The quantitative estimate of drug-likeness (QED) is 0.569. The van der Waals surface area contributed by atoms with E-state index in [-0.39, 0.29) is 11.5 Å². The topological polar surface area (TPSA) is 65.0 Å². The van der Waals surface area contributed by atoms with E-state index in [4.69, 9.17) is 14.2 Å². The lowest BCUT2D eigenvalue weighted by Gasteiger charge is -2.11. The zero-order chi connectivity index (χ0) is 18.5. The third kappa shape index (κ3) is 3.96. The molecule has 0 atom stereocenters. The zero-order valence-corrected chi connectivity index (χ0v) is 15.5. The number of phenols is 1. The van der Waals surface area contributed by atoms with Gasteiger partial charge in [0.15, 0.2) is 17.3 Å². The first-order valence-corrected chi connectivity index (χ1v) is 9.26. The van der Waals surface area contributed by atoms with Crippen LogP contribution in [0.25, 0.3) is 6.08 Å². The molecule has 0 amide bonds. The highest BCUT2D eigenvalue weighted by molar-refractivity contribution is 7.99. The van der Waals surface area contributed by atoms with Crippen molar-refractivity contribution in [3.05, 3.63) is 47.5 Å². The maximum atomic E-state index is 12.7. The Morgan fingerprint density at radius 1 is 1.31 bits per heavy atom. The van der Waals surface area contributed by atoms with Crippen molar-refractivity contribution in [3.8, 4) is 23.0 Å². The number of thioether (sulfide) groups is 1. The molecule has 136 valence electrons. The van der Waals surface area contributed by atoms with E-state index >= 15 is 0 Å². The number of hydrogen-bond donors (Lipinski definition) is 1. The van der Waals surface area contributed by atoms with Gasteiger partial charge in [-0.05, 0) is 36.3 Å². The first-order valence-electron chi connectivity index (χ1n) is 8.28. The van der Waals surface area contributed by atoms with Crippen LogP contribution in [0.2, 0.25) is 0 Å². The molecular formula is C20H20O5S. The third-order valence-corrected chi connectivity index (χ3v) is 4.70. The standard InChI is InChI=1S/C20H20O5S/c1-3-8-24-18-11-19-20(26-12-25-19)10-14(18)15(21)6-4-13-5-7-17(23-2)16(22)9-13/h4-7,9-11,22H,3,8,12H2,1-2H3. The van der Waals surface area contributed by atoms with Gasteiger partial charge in [0.05, 0.1) is 24.2 Å². The fraction of sp³-hybridized carbons (Fsp3) is 0.250. The number of ether oxygens (including phenoxy) is 3. The normalized spacial score (nSPS) is 12.7. The molecule has 1 N–H and O–H groups in total. The molecule has 5 nitrogen and oxygen atoms in total. The fourth-order valence-corrected chi connectivity index (χ4v) is 3.29. The fourth-order valence-electron chi connectivity index (χ4n) is 2.52. The minimum Gasteiger partial charge on any atom is -0.504 e. The SMILES string of the molecule is CCCOc1cc2c(cc1C(=O)C=Cc1ccc(OC)c(O)c1)SCO2. The van der Waals surface area contributed by atoms with Crippen LogP contribution >= 0.6 is 11.8 Å². The highest BCUT2D eigenvalue weighted by atomic mass is 32.2. The number of allylic oxidation sites excluding steroid dienone is 1. The van der Waals surface area contributed by atoms with Gasteiger partial charge in [-0.25, -0.2) is 0 Å². The maximum Gasteiger partial charge on any atom is 0.189 e. The molecule has 0 unspecified atom stereocenters. The van der Waals surface area contributed by atoms with Crippen LogP contribution in [0, 0.1) is 0 Å². The van der Waals surface area contributed by atoms with Gasteiger partial charge in [0.1, 0.15) is 17.4 Å². The number of ketones is 1. The molecule has 2 aromatic carbocycles. The van der Waals surface area contributed by atoms with Crippen molar-refractivity contribution in [1.82, 2.24) is 0 Å². The molecule has 0 saturated heterocycles. The molecule has 0 aliphatic carbocycles. The maximum absolute atomic E-state index is 12.7. The number of benzene rings is 2. The predicted molar refractivity (Wildman–Crippen MR) is 102 cm³/mol. The molecule has 3 rings (SSSR count). The molecule has 0 spiro atoms. The number of carbonyl (C=O) groups excluding carboxylic acids is 1. The molecule has 1 aliphatic heterocycles. The Morgan fingerprint density at radius 2 is 2.15 bits per heavy atom. The van der Waals surface area contributed by atoms with Crippen molar-refractivity contribution in [2.45, 2.75) is 18.2 Å². The van der Waals surface area contributed by atoms with Crippen molar-refractivity contribution < 1.29 is 24.1 Å². The van der Waals surface area contributed by atoms with Gasteiger partial charge in [0.25, 0.3) is 0 Å². The number of hydrogen-bond acceptors (Lipinski definition) is 6. The van der Waals surface area contributed by atoms with Gasteiger partial charge in [0.2, 0.25) is 0 Å². The van der Waals surface area contributed by atoms with Gasteiger partial charge in [-0.1, -0.05) is 30.8 Å². The Bertz CT molecular complexity index is 844. The van der Waals surface area contributed by atoms with Crippen LogP contribution in [0.15, 0.2) is 41.3 Å². The van der Waals surface area contributed by atoms with Crippen LogP contribution in [-0.2, 0) is 0 Å². The lowest BCUT2D eigenvalue weighted by atomic mass is 10.1. The summed E-state index contributed by atoms with van der Waals surface area (Å²) in [7, 11) is 1.49. The largest absolute Gasteiger partial charge is 0.504 e. The van der Waals surface area contributed by atoms with E-state index < -0.39 is 0 Å². The van der Waals surface area contributed by atoms with Crippen LogP contribution in [0.4, 0.5) is 0 Å². The number of carbonyl (C=O) groups is 1. The second-order valence-corrected chi connectivity index (χ2v) is 6.64. The summed E-state index contributed by atoms with van der Waals surface area (Å²) in [4.78, 5) is 13.6. The van der Waals surface area contributed by atoms with Crippen LogP contribution in [0.1, 0.15) is 29.3 Å². The van der Waals surface area contributed by atoms with Gasteiger partial charge in [-0.15, -0.1) is 0 Å². The van der Waals surface area contributed by atoms with Crippen LogP contribution < -0.4 is 14.2 Å². The molecule has 0 fully saturated rings. The summed E-state index contributed by atoms with van der Waals surface area (Å²) in [5.74, 6) is 2.07. The number of fused-ring (bicyclic) bond motifs is 1. The lowest BCUT2D eigenvalue weighted by Crippen LogP contribution is -2.03. The van der Waals surface area contributed by atoms with E-state index in [0.29, 0.717) is 35.2 Å². The molecule has 26 heavy (non-hydrogen) atoms. The first-order chi connectivity index (χ1) is 12.6. The lowest BCUT2D eigenvalue weighted by molar-refractivity contribution is 0.104. The smallest absolute Gasteiger partial charge is 0.189 e. The minimum atomic E-state index is -0.165. The highest BCUT2D eigenvalue weighted by Gasteiger charge is 2.20. The summed E-state index contributed by atoms with van der Waals surface area (Å²) in [6.07, 6.45) is 3.98. The van der Waals surface area contributed by atoms with E-state index in [1.54, 1.807) is 42.1 Å². The van der Waals surface area contributed by atoms with E-state index in [2.05, 4.69) is 0 Å². The van der Waals surface area contributed by atoms with Gasteiger partial charge < -0.3 is 19.3 Å². The molecule has 6 heteroatoms. The Hall–Kier alpha value is -2.60. The molecule has 0 saturated carbocycles. The molecule has 0 aromatic heterocycles. The molecule has 0 radical (unpaired) electrons. The Balaban J connectivity index is 1.85. The van der Waals surface area contributed by atoms with Crippen LogP contribution in [0.5, 0.6) is 23.0 Å². The molecule has 0 bridgehead atoms. The summed E-state index contributed by atoms with van der Waals surface area (Å²) in [6, 6.07) is 8.56. The van der Waals surface area contributed by atoms with Gasteiger partial charge in [-0.2, -0.15) is 0 Å². The predicted octanol–water partition coefficient (Wildman–Crippen LogP) is 4.53. The summed E-state index contributed by atoms with van der Waals surface area (Å²) < 4.78 is 16.3. The van der Waals surface area contributed by atoms with Crippen molar-refractivity contribution in [2.75, 3.05) is 19.7 Å². The summed E-state index contributed by atoms with van der Waals surface area (Å²) in [5, 5.41) is 9.84. The number of phenolic OH excluding ortho intramolecular Hbond substituents is 1. The van der Waals surface area contributed by atoms with Gasteiger partial charge >= 0.3 is 0 Å². The summed E-state index contributed by atoms with van der Waals surface area (Å²) in [6.45, 7) is 2.54. The van der Waals surface area contributed by atoms with Gasteiger partial charge in [-0.3, -0.25) is 4.79 Å². The van der Waals surface area contributed by atoms with E-state index in [1.807, 2.05) is 13.0 Å². The van der Waals surface area contributed by atoms with E-state index in [1.165, 1.54) is 13.2 Å². The zero-order valence-electron chi connectivity index (χ0n) is 14.7.